The largest absolute Gasteiger partial charge is 0.359 e. The van der Waals surface area contributed by atoms with Crippen LogP contribution in [0.25, 0.3) is 10.2 Å². The number of aryl methyl sites for hydroxylation is 1. The average Bonchev–Trinajstić information content (AvgIpc) is 2.97. The van der Waals surface area contributed by atoms with Crippen LogP contribution in [0.4, 0.5) is 5.82 Å². The Hall–Kier alpha value is -1.69. The number of carbonyl (C=O) groups is 1. The molecule has 1 aliphatic heterocycles. The summed E-state index contributed by atoms with van der Waals surface area (Å²) >= 11 is 1.74. The van der Waals surface area contributed by atoms with Gasteiger partial charge in [-0.2, -0.15) is 0 Å². The molecule has 2 aromatic heterocycles. The molecule has 0 radical (unpaired) electrons. The molecule has 0 bridgehead atoms. The fraction of sp³-hybridized carbons (Fsp3) is 0.533. The summed E-state index contributed by atoms with van der Waals surface area (Å²) in [7, 11) is 1.71. The first-order valence-electron chi connectivity index (χ1n) is 7.43. The highest BCUT2D eigenvalue weighted by Gasteiger charge is 2.26. The number of hydrogen-bond acceptors (Lipinski definition) is 5. The van der Waals surface area contributed by atoms with E-state index < -0.39 is 0 Å². The van der Waals surface area contributed by atoms with Crippen LogP contribution in [0.2, 0.25) is 0 Å². The maximum Gasteiger partial charge on any atom is 0.222 e. The molecular weight excluding hydrogens is 284 g/mol. The van der Waals surface area contributed by atoms with E-state index in [1.165, 1.54) is 4.88 Å². The monoisotopic (exact) mass is 304 g/mol. The molecule has 1 fully saturated rings. The average molecular weight is 304 g/mol. The number of hydrogen-bond donors (Lipinski definition) is 1. The number of thiophene rings is 1. The van der Waals surface area contributed by atoms with Gasteiger partial charge in [-0.15, -0.1) is 11.3 Å². The van der Waals surface area contributed by atoms with Gasteiger partial charge in [0.05, 0.1) is 5.39 Å². The van der Waals surface area contributed by atoms with E-state index >= 15 is 0 Å². The number of carbonyl (C=O) groups excluding carboxylic acids is 1. The summed E-state index contributed by atoms with van der Waals surface area (Å²) in [5.41, 5.74) is 0. The van der Waals surface area contributed by atoms with Crippen LogP contribution >= 0.6 is 11.3 Å². The van der Waals surface area contributed by atoms with Crippen molar-refractivity contribution in [2.24, 2.45) is 5.92 Å². The summed E-state index contributed by atoms with van der Waals surface area (Å²) in [6.45, 7) is 3.91. The number of amides is 1. The third-order valence-electron chi connectivity index (χ3n) is 4.12. The molecule has 5 nitrogen and oxygen atoms in total. The Morgan fingerprint density at radius 3 is 2.86 bits per heavy atom. The lowest BCUT2D eigenvalue weighted by molar-refractivity contribution is -0.125. The van der Waals surface area contributed by atoms with Crippen molar-refractivity contribution in [3.63, 3.8) is 0 Å². The summed E-state index contributed by atoms with van der Waals surface area (Å²) in [4.78, 5) is 25.3. The SMILES string of the molecule is CCc1cc2c(N3CCC(C(=O)NC)CC3)ncnc2s1. The second-order valence-electron chi connectivity index (χ2n) is 5.36. The molecular formula is C15H20N4OS. The first-order chi connectivity index (χ1) is 10.2. The van der Waals surface area contributed by atoms with Crippen molar-refractivity contribution < 1.29 is 4.79 Å². The van der Waals surface area contributed by atoms with Gasteiger partial charge in [-0.25, -0.2) is 9.97 Å². The molecule has 21 heavy (non-hydrogen) atoms. The quantitative estimate of drug-likeness (QED) is 0.944. The standard InChI is InChI=1S/C15H20N4OS/c1-3-11-8-12-13(17-9-18-15(12)21-11)19-6-4-10(5-7-19)14(20)16-2/h8-10H,3-7H2,1-2H3,(H,16,20). The Morgan fingerprint density at radius 2 is 2.19 bits per heavy atom. The highest BCUT2D eigenvalue weighted by atomic mass is 32.1. The van der Waals surface area contributed by atoms with Gasteiger partial charge in [0.15, 0.2) is 0 Å². The molecule has 6 heteroatoms. The van der Waals surface area contributed by atoms with E-state index in [1.807, 2.05) is 0 Å². The molecule has 112 valence electrons. The van der Waals surface area contributed by atoms with E-state index in [9.17, 15) is 4.79 Å². The van der Waals surface area contributed by atoms with E-state index in [0.717, 1.165) is 48.4 Å². The fourth-order valence-electron chi connectivity index (χ4n) is 2.88. The number of nitrogens with zero attached hydrogens (tertiary/aromatic N) is 3. The molecule has 0 saturated carbocycles. The van der Waals surface area contributed by atoms with Crippen molar-refractivity contribution in [1.82, 2.24) is 15.3 Å². The smallest absolute Gasteiger partial charge is 0.222 e. The van der Waals surface area contributed by atoms with Gasteiger partial charge in [0.25, 0.3) is 0 Å². The minimum absolute atomic E-state index is 0.136. The van der Waals surface area contributed by atoms with Crippen LogP contribution in [-0.2, 0) is 11.2 Å². The predicted molar refractivity (Wildman–Crippen MR) is 85.8 cm³/mol. The first kappa shape index (κ1) is 14.3. The maximum atomic E-state index is 11.7. The van der Waals surface area contributed by atoms with Gasteiger partial charge in [0.1, 0.15) is 17.0 Å². The predicted octanol–water partition coefficient (Wildman–Crippen LogP) is 2.22. The van der Waals surface area contributed by atoms with Crippen molar-refractivity contribution in [1.29, 1.82) is 0 Å². The number of rotatable bonds is 3. The number of nitrogens with one attached hydrogen (secondary N) is 1. The molecule has 3 rings (SSSR count). The van der Waals surface area contributed by atoms with Gasteiger partial charge in [0, 0.05) is 30.9 Å². The number of fused-ring (bicyclic) bond motifs is 1. The molecule has 1 saturated heterocycles. The van der Waals surface area contributed by atoms with Crippen molar-refractivity contribution in [3.05, 3.63) is 17.3 Å². The Bertz CT molecular complexity index is 646. The topological polar surface area (TPSA) is 58.1 Å². The molecule has 0 aliphatic carbocycles. The molecule has 1 aliphatic rings. The zero-order valence-electron chi connectivity index (χ0n) is 12.4. The molecule has 1 N–H and O–H groups in total. The molecule has 0 unspecified atom stereocenters. The van der Waals surface area contributed by atoms with Gasteiger partial charge < -0.3 is 10.2 Å². The third kappa shape index (κ3) is 2.72. The summed E-state index contributed by atoms with van der Waals surface area (Å²) in [6.07, 6.45) is 4.45. The van der Waals surface area contributed by atoms with Crippen LogP contribution in [0.5, 0.6) is 0 Å². The van der Waals surface area contributed by atoms with Gasteiger partial charge in [0.2, 0.25) is 5.91 Å². The zero-order valence-corrected chi connectivity index (χ0v) is 13.2. The minimum Gasteiger partial charge on any atom is -0.359 e. The summed E-state index contributed by atoms with van der Waals surface area (Å²) in [5, 5.41) is 3.90. The summed E-state index contributed by atoms with van der Waals surface area (Å²) in [5.74, 6) is 1.31. The van der Waals surface area contributed by atoms with Gasteiger partial charge in [-0.1, -0.05) is 6.92 Å². The van der Waals surface area contributed by atoms with E-state index in [-0.39, 0.29) is 11.8 Å². The van der Waals surface area contributed by atoms with E-state index in [2.05, 4.69) is 33.2 Å². The lowest BCUT2D eigenvalue weighted by Gasteiger charge is -2.32. The normalized spacial score (nSPS) is 16.4. The lowest BCUT2D eigenvalue weighted by atomic mass is 9.96. The van der Waals surface area contributed by atoms with Gasteiger partial charge in [-0.05, 0) is 25.3 Å². The van der Waals surface area contributed by atoms with Crippen molar-refractivity contribution in [3.8, 4) is 0 Å². The Kier molecular flexibility index (Phi) is 4.05. The van der Waals surface area contributed by atoms with E-state index in [4.69, 9.17) is 0 Å². The molecule has 0 aromatic carbocycles. The second kappa shape index (κ2) is 5.97. The van der Waals surface area contributed by atoms with Gasteiger partial charge in [-0.3, -0.25) is 4.79 Å². The van der Waals surface area contributed by atoms with Crippen molar-refractivity contribution >= 4 is 33.3 Å². The molecule has 0 spiro atoms. The first-order valence-corrected chi connectivity index (χ1v) is 8.24. The number of anilines is 1. The Balaban J connectivity index is 1.82. The highest BCUT2D eigenvalue weighted by molar-refractivity contribution is 7.18. The second-order valence-corrected chi connectivity index (χ2v) is 6.47. The van der Waals surface area contributed by atoms with Crippen LogP contribution in [0, 0.1) is 5.92 Å². The third-order valence-corrected chi connectivity index (χ3v) is 5.31. The fourth-order valence-corrected chi connectivity index (χ4v) is 3.81. The molecule has 1 amide bonds. The molecule has 2 aromatic rings. The molecule has 3 heterocycles. The van der Waals surface area contributed by atoms with Gasteiger partial charge >= 0.3 is 0 Å². The maximum absolute atomic E-state index is 11.7. The summed E-state index contributed by atoms with van der Waals surface area (Å²) in [6, 6.07) is 2.21. The Morgan fingerprint density at radius 1 is 1.43 bits per heavy atom. The highest BCUT2D eigenvalue weighted by Crippen LogP contribution is 2.32. The lowest BCUT2D eigenvalue weighted by Crippen LogP contribution is -2.40. The van der Waals surface area contributed by atoms with Crippen LogP contribution in [0.15, 0.2) is 12.4 Å². The number of piperidine rings is 1. The van der Waals surface area contributed by atoms with E-state index in [1.54, 1.807) is 24.7 Å². The minimum atomic E-state index is 0.136. The zero-order chi connectivity index (χ0) is 14.8. The molecule has 0 atom stereocenters. The van der Waals surface area contributed by atoms with Crippen LogP contribution in [0.1, 0.15) is 24.6 Å². The van der Waals surface area contributed by atoms with E-state index in [0.29, 0.717) is 0 Å². The van der Waals surface area contributed by atoms with Crippen LogP contribution < -0.4 is 10.2 Å². The number of aromatic nitrogens is 2. The van der Waals surface area contributed by atoms with Crippen LogP contribution in [0.3, 0.4) is 0 Å². The summed E-state index contributed by atoms with van der Waals surface area (Å²) < 4.78 is 0. The van der Waals surface area contributed by atoms with Crippen LogP contribution in [-0.4, -0.2) is 36.0 Å². The Labute approximate surface area is 128 Å². The van der Waals surface area contributed by atoms with Crippen molar-refractivity contribution in [2.75, 3.05) is 25.0 Å². The van der Waals surface area contributed by atoms with Crippen molar-refractivity contribution in [2.45, 2.75) is 26.2 Å².